The Morgan fingerprint density at radius 2 is 1.77 bits per heavy atom. The highest BCUT2D eigenvalue weighted by molar-refractivity contribution is 14.1. The van der Waals surface area contributed by atoms with Crippen LogP contribution in [0, 0.1) is 0 Å². The predicted octanol–water partition coefficient (Wildman–Crippen LogP) is 3.51. The van der Waals surface area contributed by atoms with Crippen molar-refractivity contribution in [1.29, 1.82) is 0 Å². The average molecular weight is 658 g/mol. The molecule has 1 saturated heterocycles. The van der Waals surface area contributed by atoms with Crippen LogP contribution in [-0.4, -0.2) is 79.6 Å². The van der Waals surface area contributed by atoms with Crippen molar-refractivity contribution in [3.05, 3.63) is 64.9 Å². The zero-order valence-electron chi connectivity index (χ0n) is 20.8. The number of amides is 3. The van der Waals surface area contributed by atoms with Crippen molar-refractivity contribution >= 4 is 66.3 Å². The number of fused-ring (bicyclic) bond motifs is 1. The maximum Gasteiger partial charge on any atom is 0.295 e. The number of thiazole rings is 1. The Morgan fingerprint density at radius 1 is 1.05 bits per heavy atom. The van der Waals surface area contributed by atoms with Crippen LogP contribution >= 0.6 is 33.9 Å². The molecular weight excluding hydrogens is 635 g/mol. The normalized spacial score (nSPS) is 13.4. The fourth-order valence-electron chi connectivity index (χ4n) is 4.40. The van der Waals surface area contributed by atoms with Crippen LogP contribution in [0.1, 0.15) is 25.6 Å². The summed E-state index contributed by atoms with van der Waals surface area (Å²) in [6, 6.07) is 8.97. The topological polar surface area (TPSA) is 138 Å². The van der Waals surface area contributed by atoms with Crippen LogP contribution in [0.15, 0.2) is 48.9 Å². The van der Waals surface area contributed by atoms with Gasteiger partial charge in [0.05, 0.1) is 36.3 Å². The average Bonchev–Trinajstić information content (AvgIpc) is 3.63. The lowest BCUT2D eigenvalue weighted by Gasteiger charge is -2.34. The molecular formula is C26H23IN6O5S. The molecule has 5 rings (SSSR count). The third-order valence-corrected chi connectivity index (χ3v) is 7.75. The van der Waals surface area contributed by atoms with E-state index in [1.165, 1.54) is 35.7 Å². The van der Waals surface area contributed by atoms with E-state index in [-0.39, 0.29) is 28.5 Å². The number of aromatic amines is 1. The maximum atomic E-state index is 13.4. The number of ether oxygens (including phenoxy) is 1. The number of piperazine rings is 1. The molecule has 0 spiro atoms. The molecule has 1 fully saturated rings. The van der Waals surface area contributed by atoms with E-state index < -0.39 is 11.7 Å². The van der Waals surface area contributed by atoms with Gasteiger partial charge in [-0.3, -0.25) is 19.2 Å². The summed E-state index contributed by atoms with van der Waals surface area (Å²) in [7, 11) is 1.47. The number of rotatable bonds is 7. The van der Waals surface area contributed by atoms with Gasteiger partial charge in [0.2, 0.25) is 0 Å². The number of methoxy groups -OCH3 is 1. The molecule has 39 heavy (non-hydrogen) atoms. The zero-order chi connectivity index (χ0) is 27.5. The van der Waals surface area contributed by atoms with Crippen LogP contribution in [0.3, 0.4) is 0 Å². The Hall–Kier alpha value is -3.85. The van der Waals surface area contributed by atoms with Gasteiger partial charge in [0.25, 0.3) is 21.5 Å². The van der Waals surface area contributed by atoms with Crippen molar-refractivity contribution in [2.24, 2.45) is 0 Å². The van der Waals surface area contributed by atoms with Crippen LogP contribution < -0.4 is 10.1 Å². The van der Waals surface area contributed by atoms with E-state index in [1.807, 2.05) is 6.07 Å². The smallest absolute Gasteiger partial charge is 0.295 e. The zero-order valence-corrected chi connectivity index (χ0v) is 23.7. The van der Waals surface area contributed by atoms with E-state index in [2.05, 4.69) is 20.3 Å². The summed E-state index contributed by atoms with van der Waals surface area (Å²) in [4.78, 5) is 66.6. The van der Waals surface area contributed by atoms with Gasteiger partial charge in [-0.15, -0.1) is 11.3 Å². The van der Waals surface area contributed by atoms with Gasteiger partial charge in [-0.1, -0.05) is 18.2 Å². The first kappa shape index (κ1) is 26.7. The minimum Gasteiger partial charge on any atom is -0.494 e. The van der Waals surface area contributed by atoms with Crippen molar-refractivity contribution in [3.8, 4) is 16.5 Å². The van der Waals surface area contributed by atoms with E-state index in [9.17, 15) is 19.2 Å². The lowest BCUT2D eigenvalue weighted by atomic mass is 10.1. The highest BCUT2D eigenvalue weighted by Crippen LogP contribution is 2.36. The van der Waals surface area contributed by atoms with Crippen LogP contribution in [0.5, 0.6) is 5.75 Å². The molecule has 0 radical (unpaired) electrons. The second kappa shape index (κ2) is 11.5. The second-order valence-electron chi connectivity index (χ2n) is 8.67. The van der Waals surface area contributed by atoms with E-state index in [0.717, 1.165) is 4.88 Å². The quantitative estimate of drug-likeness (QED) is 0.102. The number of hydrogen-bond acceptors (Lipinski definition) is 8. The van der Waals surface area contributed by atoms with Gasteiger partial charge in [0, 0.05) is 71.6 Å². The number of carbonyl (C=O) groups excluding carboxylic acids is 4. The Balaban J connectivity index is 1.35. The minimum absolute atomic E-state index is 0.0996. The standard InChI is InChI=1S/C26H23IN6O5S/c1-38-18-14-29-21(23-30-11-16(39-23)12-31-26(27)37)20-19(18)17(13-28-20)22(34)25(36)33-9-7-32(8-10-33)24(35)15-5-3-2-4-6-15/h2-6,11,13-14,28H,7-10,12H2,1H3,(H,31,37). The number of aromatic nitrogens is 3. The van der Waals surface area contributed by atoms with Gasteiger partial charge in [0.1, 0.15) is 16.5 Å². The van der Waals surface area contributed by atoms with Gasteiger partial charge in [-0.05, 0) is 12.1 Å². The highest BCUT2D eigenvalue weighted by atomic mass is 127. The number of ketones is 1. The number of nitrogens with zero attached hydrogens (tertiary/aromatic N) is 4. The van der Waals surface area contributed by atoms with E-state index in [0.29, 0.717) is 52.6 Å². The Labute approximate surface area is 240 Å². The number of Topliss-reactive ketones (excluding diaryl/α,β-unsaturated/α-hetero) is 1. The van der Waals surface area contributed by atoms with Crippen molar-refractivity contribution in [3.63, 3.8) is 0 Å². The second-order valence-corrected chi connectivity index (χ2v) is 10.8. The molecule has 0 unspecified atom stereocenters. The summed E-state index contributed by atoms with van der Waals surface area (Å²) in [6.07, 6.45) is 4.64. The molecule has 0 bridgehead atoms. The number of H-pyrrole nitrogens is 1. The number of pyridine rings is 1. The molecule has 3 amide bonds. The summed E-state index contributed by atoms with van der Waals surface area (Å²) < 4.78 is 5.30. The molecule has 4 heterocycles. The van der Waals surface area contributed by atoms with Gasteiger partial charge < -0.3 is 24.8 Å². The first-order valence-electron chi connectivity index (χ1n) is 12.0. The van der Waals surface area contributed by atoms with Crippen LogP contribution in [0.2, 0.25) is 0 Å². The van der Waals surface area contributed by atoms with Gasteiger partial charge in [-0.25, -0.2) is 9.97 Å². The lowest BCUT2D eigenvalue weighted by Crippen LogP contribution is -2.52. The molecule has 200 valence electrons. The van der Waals surface area contributed by atoms with Crippen molar-refractivity contribution in [1.82, 2.24) is 30.1 Å². The minimum atomic E-state index is -0.677. The molecule has 1 aliphatic rings. The van der Waals surface area contributed by atoms with Gasteiger partial charge in [0.15, 0.2) is 0 Å². The van der Waals surface area contributed by atoms with Crippen LogP contribution in [0.4, 0.5) is 4.79 Å². The first-order valence-corrected chi connectivity index (χ1v) is 13.9. The number of carbonyl (C=O) groups is 4. The number of benzene rings is 1. The molecule has 0 aliphatic carbocycles. The Bertz CT molecular complexity index is 1560. The predicted molar refractivity (Wildman–Crippen MR) is 153 cm³/mol. The van der Waals surface area contributed by atoms with Crippen molar-refractivity contribution < 1.29 is 23.9 Å². The van der Waals surface area contributed by atoms with E-state index >= 15 is 0 Å². The van der Waals surface area contributed by atoms with E-state index in [1.54, 1.807) is 58.0 Å². The fourth-order valence-corrected chi connectivity index (χ4v) is 5.45. The summed E-state index contributed by atoms with van der Waals surface area (Å²) in [5.41, 5.74) is 1.78. The Morgan fingerprint density at radius 3 is 2.46 bits per heavy atom. The molecule has 2 N–H and O–H groups in total. The number of nitrogens with one attached hydrogen (secondary N) is 2. The Kier molecular flexibility index (Phi) is 7.88. The molecule has 13 heteroatoms. The molecule has 0 atom stereocenters. The SMILES string of the molecule is COc1cnc(-c2ncc(CNC(=O)I)s2)c2[nH]cc(C(=O)C(=O)N3CCN(C(=O)c4ccccc4)CC3)c12. The fraction of sp³-hybridized carbons (Fsp3) is 0.231. The van der Waals surface area contributed by atoms with E-state index in [4.69, 9.17) is 4.74 Å². The van der Waals surface area contributed by atoms with Crippen LogP contribution in [-0.2, 0) is 11.3 Å². The molecule has 0 saturated carbocycles. The van der Waals surface area contributed by atoms with Gasteiger partial charge in [-0.2, -0.15) is 0 Å². The molecule has 4 aromatic rings. The third kappa shape index (κ3) is 5.49. The molecule has 11 nitrogen and oxygen atoms in total. The summed E-state index contributed by atoms with van der Waals surface area (Å²) >= 11 is 3.02. The van der Waals surface area contributed by atoms with Crippen molar-refractivity contribution in [2.45, 2.75) is 6.54 Å². The molecule has 1 aliphatic heterocycles. The lowest BCUT2D eigenvalue weighted by molar-refractivity contribution is -0.127. The van der Waals surface area contributed by atoms with Crippen LogP contribution in [0.25, 0.3) is 21.6 Å². The molecule has 3 aromatic heterocycles. The highest BCUT2D eigenvalue weighted by Gasteiger charge is 2.31. The number of hydrogen-bond donors (Lipinski definition) is 2. The maximum absolute atomic E-state index is 13.4. The van der Waals surface area contributed by atoms with Crippen molar-refractivity contribution in [2.75, 3.05) is 33.3 Å². The molecule has 1 aromatic carbocycles. The van der Waals surface area contributed by atoms with Gasteiger partial charge >= 0.3 is 0 Å². The summed E-state index contributed by atoms with van der Waals surface area (Å²) in [5.74, 6) is -1.07. The summed E-state index contributed by atoms with van der Waals surface area (Å²) in [5, 5.41) is 3.75. The first-order chi connectivity index (χ1) is 18.9. The number of halogens is 1. The third-order valence-electron chi connectivity index (χ3n) is 6.37. The largest absolute Gasteiger partial charge is 0.494 e. The monoisotopic (exact) mass is 658 g/mol. The summed E-state index contributed by atoms with van der Waals surface area (Å²) in [6.45, 7) is 1.52.